The van der Waals surface area contributed by atoms with Gasteiger partial charge in [-0.15, -0.1) is 0 Å². The molecule has 0 radical (unpaired) electrons. The molecule has 3 amide bonds. The van der Waals surface area contributed by atoms with Gasteiger partial charge in [-0.25, -0.2) is 4.79 Å². The third-order valence-corrected chi connectivity index (χ3v) is 2.26. The normalized spacial score (nSPS) is 13.9. The van der Waals surface area contributed by atoms with E-state index in [0.29, 0.717) is 13.2 Å². The van der Waals surface area contributed by atoms with Crippen LogP contribution in [0.1, 0.15) is 27.2 Å². The Balaban J connectivity index is 3.92. The summed E-state index contributed by atoms with van der Waals surface area (Å²) in [4.78, 5) is 22.7. The van der Waals surface area contributed by atoms with Gasteiger partial charge in [0.15, 0.2) is 0 Å². The molecule has 0 saturated heterocycles. The monoisotopic (exact) mass is 245 g/mol. The fourth-order valence-corrected chi connectivity index (χ4v) is 1.31. The van der Waals surface area contributed by atoms with Crippen molar-refractivity contribution in [1.82, 2.24) is 16.0 Å². The summed E-state index contributed by atoms with van der Waals surface area (Å²) in [7, 11) is 1.64. The predicted octanol–water partition coefficient (Wildman–Crippen LogP) is 0.235. The smallest absolute Gasteiger partial charge is 0.321 e. The van der Waals surface area contributed by atoms with E-state index < -0.39 is 12.1 Å². The first kappa shape index (κ1) is 15.9. The molecule has 0 rings (SSSR count). The number of rotatable bonds is 7. The standard InChI is InChI=1S/C11H23N3O3/c1-5-12-11(16)14-10(15)9(3)13-8(2)6-7-17-4/h8-9,13H,5-7H2,1-4H3,(H2,12,14,15,16). The van der Waals surface area contributed by atoms with E-state index in [0.717, 1.165) is 6.42 Å². The third-order valence-electron chi connectivity index (χ3n) is 2.26. The summed E-state index contributed by atoms with van der Waals surface area (Å²) in [5.41, 5.74) is 0. The molecule has 2 unspecified atom stereocenters. The van der Waals surface area contributed by atoms with Crippen molar-refractivity contribution < 1.29 is 14.3 Å². The first-order chi connectivity index (χ1) is 8.01. The van der Waals surface area contributed by atoms with Crippen LogP contribution in [0.15, 0.2) is 0 Å². The maximum Gasteiger partial charge on any atom is 0.321 e. The van der Waals surface area contributed by atoms with Crippen LogP contribution in [0.2, 0.25) is 0 Å². The second kappa shape index (κ2) is 8.95. The highest BCUT2D eigenvalue weighted by molar-refractivity contribution is 5.96. The molecule has 0 aliphatic rings. The van der Waals surface area contributed by atoms with Gasteiger partial charge in [0.1, 0.15) is 0 Å². The molecule has 2 atom stereocenters. The highest BCUT2D eigenvalue weighted by Crippen LogP contribution is 1.94. The summed E-state index contributed by atoms with van der Waals surface area (Å²) in [5.74, 6) is -0.333. The average Bonchev–Trinajstić information content (AvgIpc) is 2.26. The minimum Gasteiger partial charge on any atom is -0.385 e. The van der Waals surface area contributed by atoms with E-state index in [4.69, 9.17) is 4.74 Å². The Hall–Kier alpha value is -1.14. The first-order valence-corrected chi connectivity index (χ1v) is 5.84. The van der Waals surface area contributed by atoms with Crippen LogP contribution in [0.4, 0.5) is 4.79 Å². The van der Waals surface area contributed by atoms with E-state index in [-0.39, 0.29) is 11.9 Å². The molecule has 3 N–H and O–H groups in total. The molecular weight excluding hydrogens is 222 g/mol. The van der Waals surface area contributed by atoms with E-state index >= 15 is 0 Å². The minimum absolute atomic E-state index is 0.157. The van der Waals surface area contributed by atoms with Crippen molar-refractivity contribution >= 4 is 11.9 Å². The lowest BCUT2D eigenvalue weighted by molar-refractivity contribution is -0.121. The highest BCUT2D eigenvalue weighted by atomic mass is 16.5. The van der Waals surface area contributed by atoms with Crippen LogP contribution >= 0.6 is 0 Å². The second-order valence-electron chi connectivity index (χ2n) is 3.92. The van der Waals surface area contributed by atoms with E-state index in [1.54, 1.807) is 21.0 Å². The van der Waals surface area contributed by atoms with Gasteiger partial charge in [0, 0.05) is 26.3 Å². The molecule has 6 nitrogen and oxygen atoms in total. The van der Waals surface area contributed by atoms with E-state index in [1.165, 1.54) is 0 Å². The van der Waals surface area contributed by atoms with Gasteiger partial charge in [0.25, 0.3) is 0 Å². The lowest BCUT2D eigenvalue weighted by atomic mass is 10.2. The average molecular weight is 245 g/mol. The Labute approximate surface area is 102 Å². The van der Waals surface area contributed by atoms with Crippen LogP contribution < -0.4 is 16.0 Å². The Morgan fingerprint density at radius 2 is 1.94 bits per heavy atom. The van der Waals surface area contributed by atoms with Crippen molar-refractivity contribution in [3.05, 3.63) is 0 Å². The lowest BCUT2D eigenvalue weighted by Crippen LogP contribution is -2.50. The molecule has 0 heterocycles. The number of hydrogen-bond donors (Lipinski definition) is 3. The van der Waals surface area contributed by atoms with Gasteiger partial charge in [-0.05, 0) is 27.2 Å². The Morgan fingerprint density at radius 3 is 2.47 bits per heavy atom. The molecule has 100 valence electrons. The molecule has 6 heteroatoms. The lowest BCUT2D eigenvalue weighted by Gasteiger charge is -2.18. The maximum absolute atomic E-state index is 11.6. The Morgan fingerprint density at radius 1 is 1.29 bits per heavy atom. The Bertz CT molecular complexity index is 246. The summed E-state index contributed by atoms with van der Waals surface area (Å²) in [6, 6.07) is -0.718. The number of nitrogens with one attached hydrogen (secondary N) is 3. The zero-order valence-electron chi connectivity index (χ0n) is 11.0. The van der Waals surface area contributed by atoms with Gasteiger partial charge in [-0.3, -0.25) is 10.1 Å². The number of carbonyl (C=O) groups is 2. The van der Waals surface area contributed by atoms with Gasteiger partial charge in [-0.1, -0.05) is 0 Å². The molecule has 0 aliphatic heterocycles. The summed E-state index contributed by atoms with van der Waals surface area (Å²) in [6.07, 6.45) is 0.815. The SMILES string of the molecule is CCNC(=O)NC(=O)C(C)NC(C)CCOC. The fourth-order valence-electron chi connectivity index (χ4n) is 1.31. The zero-order chi connectivity index (χ0) is 13.3. The summed E-state index contributed by atoms with van der Waals surface area (Å²) < 4.78 is 4.95. The van der Waals surface area contributed by atoms with Crippen molar-refractivity contribution in [3.63, 3.8) is 0 Å². The van der Waals surface area contributed by atoms with Crippen molar-refractivity contribution in [2.24, 2.45) is 0 Å². The molecule has 0 aromatic carbocycles. The molecule has 0 bridgehead atoms. The summed E-state index contributed by atoms with van der Waals surface area (Å²) in [5, 5.41) is 7.85. The van der Waals surface area contributed by atoms with E-state index in [1.807, 2.05) is 6.92 Å². The van der Waals surface area contributed by atoms with Crippen LogP contribution in [-0.4, -0.2) is 44.3 Å². The molecule has 0 fully saturated rings. The number of ether oxygens (including phenoxy) is 1. The molecule has 0 saturated carbocycles. The number of hydrogen-bond acceptors (Lipinski definition) is 4. The predicted molar refractivity (Wildman–Crippen MR) is 65.8 cm³/mol. The minimum atomic E-state index is -0.462. The van der Waals surface area contributed by atoms with Crippen molar-refractivity contribution in [1.29, 1.82) is 0 Å². The first-order valence-electron chi connectivity index (χ1n) is 5.84. The van der Waals surface area contributed by atoms with Crippen LogP contribution in [0.3, 0.4) is 0 Å². The molecule has 0 spiro atoms. The number of methoxy groups -OCH3 is 1. The van der Waals surface area contributed by atoms with Gasteiger partial charge in [0.2, 0.25) is 5.91 Å². The Kier molecular flexibility index (Phi) is 8.35. The van der Waals surface area contributed by atoms with Crippen molar-refractivity contribution in [2.75, 3.05) is 20.3 Å². The maximum atomic E-state index is 11.6. The van der Waals surface area contributed by atoms with E-state index in [2.05, 4.69) is 16.0 Å². The quantitative estimate of drug-likeness (QED) is 0.600. The molecule has 17 heavy (non-hydrogen) atoms. The van der Waals surface area contributed by atoms with E-state index in [9.17, 15) is 9.59 Å². The number of carbonyl (C=O) groups excluding carboxylic acids is 2. The molecule has 0 aromatic heterocycles. The van der Waals surface area contributed by atoms with Crippen molar-refractivity contribution in [2.45, 2.75) is 39.3 Å². The van der Waals surface area contributed by atoms with Gasteiger partial charge < -0.3 is 15.4 Å². The van der Waals surface area contributed by atoms with Crippen LogP contribution in [0.5, 0.6) is 0 Å². The van der Waals surface area contributed by atoms with Crippen LogP contribution in [0.25, 0.3) is 0 Å². The number of urea groups is 1. The molecular formula is C11H23N3O3. The van der Waals surface area contributed by atoms with Gasteiger partial charge in [0.05, 0.1) is 6.04 Å². The van der Waals surface area contributed by atoms with Gasteiger partial charge >= 0.3 is 6.03 Å². The highest BCUT2D eigenvalue weighted by Gasteiger charge is 2.16. The van der Waals surface area contributed by atoms with Crippen LogP contribution in [-0.2, 0) is 9.53 Å². The number of imide groups is 1. The van der Waals surface area contributed by atoms with Gasteiger partial charge in [-0.2, -0.15) is 0 Å². The largest absolute Gasteiger partial charge is 0.385 e. The summed E-state index contributed by atoms with van der Waals surface area (Å²) >= 11 is 0. The zero-order valence-corrected chi connectivity index (χ0v) is 11.0. The molecule has 0 aromatic rings. The van der Waals surface area contributed by atoms with Crippen molar-refractivity contribution in [3.8, 4) is 0 Å². The topological polar surface area (TPSA) is 79.5 Å². The molecule has 0 aliphatic carbocycles. The summed E-state index contributed by atoms with van der Waals surface area (Å²) in [6.45, 7) is 6.61. The fraction of sp³-hybridized carbons (Fsp3) is 0.818. The third kappa shape index (κ3) is 7.70. The number of amides is 3. The second-order valence-corrected chi connectivity index (χ2v) is 3.92. The van der Waals surface area contributed by atoms with Crippen LogP contribution in [0, 0.1) is 0 Å².